The number of fused-ring (bicyclic) bond motifs is 2. The Hall–Kier alpha value is -2.10. The van der Waals surface area contributed by atoms with Crippen LogP contribution in [-0.4, -0.2) is 10.9 Å². The number of aromatic nitrogens is 1. The first-order valence-electron chi connectivity index (χ1n) is 8.22. The van der Waals surface area contributed by atoms with E-state index in [1.54, 1.807) is 6.07 Å². The average molecular weight is 371 g/mol. The van der Waals surface area contributed by atoms with Crippen LogP contribution in [0, 0.1) is 6.92 Å². The maximum atomic E-state index is 13.1. The fourth-order valence-electron chi connectivity index (χ4n) is 3.42. The third-order valence-corrected chi connectivity index (χ3v) is 5.36. The largest absolute Gasteiger partial charge is 0.322 e. The lowest BCUT2D eigenvalue weighted by molar-refractivity contribution is 0.102. The Labute approximate surface area is 156 Å². The van der Waals surface area contributed by atoms with Crippen molar-refractivity contribution in [3.05, 3.63) is 68.8 Å². The summed E-state index contributed by atoms with van der Waals surface area (Å²) in [5.41, 5.74) is 5.11. The van der Waals surface area contributed by atoms with Gasteiger partial charge < -0.3 is 5.32 Å². The van der Waals surface area contributed by atoms with Gasteiger partial charge in [-0.15, -0.1) is 0 Å². The molecule has 0 spiro atoms. The molecule has 3 aromatic rings. The number of nitrogens with zero attached hydrogens (tertiary/aromatic N) is 1. The van der Waals surface area contributed by atoms with Crippen molar-refractivity contribution in [3.63, 3.8) is 0 Å². The first kappa shape index (κ1) is 16.4. The van der Waals surface area contributed by atoms with Crippen molar-refractivity contribution < 1.29 is 4.79 Å². The summed E-state index contributed by atoms with van der Waals surface area (Å²) in [6.45, 7) is 1.89. The minimum atomic E-state index is -0.141. The lowest BCUT2D eigenvalue weighted by Crippen LogP contribution is -2.16. The van der Waals surface area contributed by atoms with Crippen molar-refractivity contribution in [3.8, 4) is 0 Å². The third-order valence-electron chi connectivity index (χ3n) is 4.72. The van der Waals surface area contributed by atoms with Gasteiger partial charge in [0.15, 0.2) is 0 Å². The number of carbonyl (C=O) groups is 1. The van der Waals surface area contributed by atoms with Crippen LogP contribution >= 0.6 is 23.2 Å². The summed E-state index contributed by atoms with van der Waals surface area (Å²) in [6, 6.07) is 11.0. The molecule has 0 bridgehead atoms. The van der Waals surface area contributed by atoms with Gasteiger partial charge in [-0.3, -0.25) is 9.78 Å². The van der Waals surface area contributed by atoms with Crippen LogP contribution in [0.1, 0.15) is 33.6 Å². The van der Waals surface area contributed by atoms with E-state index in [2.05, 4.69) is 5.32 Å². The number of pyridine rings is 1. The van der Waals surface area contributed by atoms with Gasteiger partial charge >= 0.3 is 0 Å². The molecule has 0 radical (unpaired) electrons. The third kappa shape index (κ3) is 2.88. The van der Waals surface area contributed by atoms with Gasteiger partial charge in [-0.2, -0.15) is 0 Å². The smallest absolute Gasteiger partial charge is 0.256 e. The van der Waals surface area contributed by atoms with Crippen LogP contribution in [0.3, 0.4) is 0 Å². The zero-order valence-corrected chi connectivity index (χ0v) is 15.2. The Balaban J connectivity index is 1.86. The molecule has 0 aliphatic heterocycles. The van der Waals surface area contributed by atoms with Gasteiger partial charge in [0, 0.05) is 26.8 Å². The van der Waals surface area contributed by atoms with Gasteiger partial charge in [0.1, 0.15) is 0 Å². The van der Waals surface area contributed by atoms with E-state index in [4.69, 9.17) is 28.2 Å². The quantitative estimate of drug-likeness (QED) is 0.638. The summed E-state index contributed by atoms with van der Waals surface area (Å²) < 4.78 is 0. The summed E-state index contributed by atoms with van der Waals surface area (Å²) >= 11 is 12.3. The molecule has 1 heterocycles. The van der Waals surface area contributed by atoms with Gasteiger partial charge in [0.05, 0.1) is 11.1 Å². The van der Waals surface area contributed by atoms with Crippen molar-refractivity contribution in [1.82, 2.24) is 4.98 Å². The number of hydrogen-bond donors (Lipinski definition) is 1. The molecule has 126 valence electrons. The van der Waals surface area contributed by atoms with Gasteiger partial charge in [0.2, 0.25) is 0 Å². The molecule has 3 nitrogen and oxygen atoms in total. The van der Waals surface area contributed by atoms with Crippen LogP contribution in [0.2, 0.25) is 10.0 Å². The van der Waals surface area contributed by atoms with Gasteiger partial charge in [0.25, 0.3) is 5.91 Å². The molecule has 0 atom stereocenters. The second-order valence-electron chi connectivity index (χ2n) is 6.29. The van der Waals surface area contributed by atoms with Crippen LogP contribution in [0.15, 0.2) is 36.4 Å². The molecular weight excluding hydrogens is 355 g/mol. The Kier molecular flexibility index (Phi) is 4.14. The number of amides is 1. The lowest BCUT2D eigenvalue weighted by Gasteiger charge is -2.14. The van der Waals surface area contributed by atoms with Crippen molar-refractivity contribution in [2.45, 2.75) is 26.2 Å². The van der Waals surface area contributed by atoms with Crippen LogP contribution in [0.5, 0.6) is 0 Å². The van der Waals surface area contributed by atoms with Crippen LogP contribution in [0.25, 0.3) is 10.9 Å². The van der Waals surface area contributed by atoms with Crippen molar-refractivity contribution in [2.75, 3.05) is 5.32 Å². The van der Waals surface area contributed by atoms with Crippen LogP contribution in [-0.2, 0) is 12.8 Å². The molecule has 1 N–H and O–H groups in total. The lowest BCUT2D eigenvalue weighted by atomic mass is 10.00. The minimum absolute atomic E-state index is 0.141. The van der Waals surface area contributed by atoms with Crippen LogP contribution in [0.4, 0.5) is 5.69 Å². The number of benzene rings is 2. The summed E-state index contributed by atoms with van der Waals surface area (Å²) in [7, 11) is 0. The Morgan fingerprint density at radius 1 is 1.16 bits per heavy atom. The summed E-state index contributed by atoms with van der Waals surface area (Å²) in [5, 5.41) is 5.04. The number of rotatable bonds is 2. The standard InChI is InChI=1S/C20H16Cl2N2O/c1-11-15(22)5-3-6-16(11)24-20(25)19-13-4-2-7-17(13)23-18-9-8-12(21)10-14(18)19/h3,5-6,8-10H,2,4,7H2,1H3,(H,24,25). The number of carbonyl (C=O) groups excluding carboxylic acids is 1. The molecule has 4 rings (SSSR count). The second kappa shape index (κ2) is 6.32. The zero-order valence-electron chi connectivity index (χ0n) is 13.7. The molecule has 1 amide bonds. The molecule has 1 aromatic heterocycles. The maximum absolute atomic E-state index is 13.1. The van der Waals surface area contributed by atoms with Crippen LogP contribution < -0.4 is 5.32 Å². The van der Waals surface area contributed by atoms with E-state index in [1.165, 1.54) is 0 Å². The molecule has 0 saturated heterocycles. The maximum Gasteiger partial charge on any atom is 0.256 e. The summed E-state index contributed by atoms with van der Waals surface area (Å²) in [6.07, 6.45) is 2.79. The van der Waals surface area contributed by atoms with E-state index in [1.807, 2.05) is 37.3 Å². The first-order valence-corrected chi connectivity index (χ1v) is 8.97. The zero-order chi connectivity index (χ0) is 17.6. The topological polar surface area (TPSA) is 42.0 Å². The molecule has 25 heavy (non-hydrogen) atoms. The van der Waals surface area contributed by atoms with Crippen molar-refractivity contribution in [1.29, 1.82) is 0 Å². The number of hydrogen-bond acceptors (Lipinski definition) is 2. The predicted molar refractivity (Wildman–Crippen MR) is 103 cm³/mol. The van der Waals surface area contributed by atoms with E-state index in [-0.39, 0.29) is 5.91 Å². The highest BCUT2D eigenvalue weighted by atomic mass is 35.5. The highest BCUT2D eigenvalue weighted by Crippen LogP contribution is 2.32. The highest BCUT2D eigenvalue weighted by molar-refractivity contribution is 6.32. The van der Waals surface area contributed by atoms with E-state index < -0.39 is 0 Å². The van der Waals surface area contributed by atoms with E-state index >= 15 is 0 Å². The van der Waals surface area contributed by atoms with E-state index in [9.17, 15) is 4.79 Å². The minimum Gasteiger partial charge on any atom is -0.322 e. The van der Waals surface area contributed by atoms with Gasteiger partial charge in [-0.25, -0.2) is 0 Å². The normalized spacial score (nSPS) is 13.1. The molecule has 0 fully saturated rings. The summed E-state index contributed by atoms with van der Waals surface area (Å²) in [5.74, 6) is -0.141. The number of nitrogens with one attached hydrogen (secondary N) is 1. The Morgan fingerprint density at radius 2 is 2.00 bits per heavy atom. The fourth-order valence-corrected chi connectivity index (χ4v) is 3.77. The Morgan fingerprint density at radius 3 is 2.84 bits per heavy atom. The van der Waals surface area contributed by atoms with Crippen molar-refractivity contribution >= 4 is 45.7 Å². The van der Waals surface area contributed by atoms with E-state index in [0.29, 0.717) is 15.6 Å². The molecule has 0 saturated carbocycles. The van der Waals surface area contributed by atoms with Gasteiger partial charge in [-0.1, -0.05) is 29.3 Å². The molecule has 5 heteroatoms. The SMILES string of the molecule is Cc1c(Cl)cccc1NC(=O)c1c2c(nc3ccc(Cl)cc13)CCC2. The second-order valence-corrected chi connectivity index (χ2v) is 7.14. The molecular formula is C20H16Cl2N2O. The Bertz CT molecular complexity index is 1010. The molecule has 1 aliphatic carbocycles. The summed E-state index contributed by atoms with van der Waals surface area (Å²) in [4.78, 5) is 17.9. The van der Waals surface area contributed by atoms with Crippen molar-refractivity contribution in [2.24, 2.45) is 0 Å². The highest BCUT2D eigenvalue weighted by Gasteiger charge is 2.24. The number of aryl methyl sites for hydroxylation is 1. The monoisotopic (exact) mass is 370 g/mol. The molecule has 0 unspecified atom stereocenters. The molecule has 2 aromatic carbocycles. The van der Waals surface area contributed by atoms with Gasteiger partial charge in [-0.05, 0) is 67.6 Å². The number of halogens is 2. The first-order chi connectivity index (χ1) is 12.0. The average Bonchev–Trinajstić information content (AvgIpc) is 3.04. The molecule has 1 aliphatic rings. The van der Waals surface area contributed by atoms with E-state index in [0.717, 1.165) is 52.7 Å². The fraction of sp³-hybridized carbons (Fsp3) is 0.200. The predicted octanol–water partition coefficient (Wildman–Crippen LogP) is 5.59. The number of anilines is 1.